The SMILES string of the molecule is Cc1ccc(-c2csc(=NCCc3ccccc3)n2N=Cc2ccc(-c3ccc(F)cc3)o2)cc1. The first-order chi connectivity index (χ1) is 17.2. The first kappa shape index (κ1) is 22.7. The minimum absolute atomic E-state index is 0.275. The molecule has 0 spiro atoms. The zero-order valence-corrected chi connectivity index (χ0v) is 20.1. The molecule has 0 N–H and O–H groups in total. The smallest absolute Gasteiger partial charge is 0.206 e. The van der Waals surface area contributed by atoms with Crippen molar-refractivity contribution in [3.8, 4) is 22.6 Å². The summed E-state index contributed by atoms with van der Waals surface area (Å²) in [5, 5.41) is 6.82. The van der Waals surface area contributed by atoms with Gasteiger partial charge in [0.25, 0.3) is 0 Å². The molecule has 5 rings (SSSR count). The molecule has 4 nitrogen and oxygen atoms in total. The number of benzene rings is 3. The lowest BCUT2D eigenvalue weighted by Gasteiger charge is -2.04. The minimum atomic E-state index is -0.275. The van der Waals surface area contributed by atoms with E-state index in [1.165, 1.54) is 23.3 Å². The number of hydrogen-bond acceptors (Lipinski definition) is 4. The summed E-state index contributed by atoms with van der Waals surface area (Å²) in [4.78, 5) is 5.66. The number of furan rings is 1. The summed E-state index contributed by atoms with van der Waals surface area (Å²) in [5.41, 5.74) is 5.31. The highest BCUT2D eigenvalue weighted by Crippen LogP contribution is 2.23. The Bertz CT molecular complexity index is 1490. The second kappa shape index (κ2) is 10.5. The molecule has 174 valence electrons. The first-order valence-electron chi connectivity index (χ1n) is 11.4. The molecule has 0 atom stereocenters. The lowest BCUT2D eigenvalue weighted by Crippen LogP contribution is -2.13. The average Bonchev–Trinajstić information content (AvgIpc) is 3.52. The average molecular weight is 482 g/mol. The Hall–Kier alpha value is -4.03. The van der Waals surface area contributed by atoms with Crippen LogP contribution in [0.25, 0.3) is 22.6 Å². The third-order valence-corrected chi connectivity index (χ3v) is 6.43. The van der Waals surface area contributed by atoms with Gasteiger partial charge in [-0.05, 0) is 55.3 Å². The second-order valence-electron chi connectivity index (χ2n) is 8.15. The van der Waals surface area contributed by atoms with E-state index < -0.39 is 0 Å². The van der Waals surface area contributed by atoms with Crippen LogP contribution in [0.4, 0.5) is 4.39 Å². The lowest BCUT2D eigenvalue weighted by molar-refractivity contribution is 0.573. The molecule has 0 saturated heterocycles. The largest absolute Gasteiger partial charge is 0.455 e. The van der Waals surface area contributed by atoms with Gasteiger partial charge in [-0.2, -0.15) is 5.10 Å². The van der Waals surface area contributed by atoms with E-state index in [9.17, 15) is 4.39 Å². The zero-order valence-electron chi connectivity index (χ0n) is 19.3. The van der Waals surface area contributed by atoms with E-state index in [1.54, 1.807) is 29.7 Å². The van der Waals surface area contributed by atoms with Crippen molar-refractivity contribution >= 4 is 17.6 Å². The lowest BCUT2D eigenvalue weighted by atomic mass is 10.1. The van der Waals surface area contributed by atoms with E-state index in [1.807, 2.05) is 35.0 Å². The van der Waals surface area contributed by atoms with E-state index >= 15 is 0 Å². The first-order valence-corrected chi connectivity index (χ1v) is 12.3. The molecule has 0 fully saturated rings. The molecule has 2 heterocycles. The Kier molecular flexibility index (Phi) is 6.82. The second-order valence-corrected chi connectivity index (χ2v) is 8.99. The fourth-order valence-electron chi connectivity index (χ4n) is 3.67. The van der Waals surface area contributed by atoms with Crippen molar-refractivity contribution in [2.45, 2.75) is 13.3 Å². The van der Waals surface area contributed by atoms with Gasteiger partial charge in [0, 0.05) is 23.1 Å². The van der Waals surface area contributed by atoms with Crippen LogP contribution in [0.5, 0.6) is 0 Å². The summed E-state index contributed by atoms with van der Waals surface area (Å²) in [5.74, 6) is 0.990. The predicted octanol–water partition coefficient (Wildman–Crippen LogP) is 6.95. The van der Waals surface area contributed by atoms with Gasteiger partial charge < -0.3 is 4.42 Å². The van der Waals surface area contributed by atoms with Gasteiger partial charge in [-0.15, -0.1) is 11.3 Å². The highest BCUT2D eigenvalue weighted by atomic mass is 32.1. The monoisotopic (exact) mass is 481 g/mol. The molecule has 3 aromatic carbocycles. The van der Waals surface area contributed by atoms with Crippen molar-refractivity contribution in [2.24, 2.45) is 10.1 Å². The molecule has 6 heteroatoms. The van der Waals surface area contributed by atoms with Gasteiger partial charge >= 0.3 is 0 Å². The van der Waals surface area contributed by atoms with Crippen molar-refractivity contribution in [1.82, 2.24) is 4.68 Å². The van der Waals surface area contributed by atoms with Crippen molar-refractivity contribution in [2.75, 3.05) is 6.54 Å². The molecule has 0 bridgehead atoms. The maximum absolute atomic E-state index is 13.2. The Morgan fingerprint density at radius 1 is 0.886 bits per heavy atom. The number of halogens is 1. The Balaban J connectivity index is 1.45. The molecule has 0 amide bonds. The molecule has 35 heavy (non-hydrogen) atoms. The third kappa shape index (κ3) is 5.55. The molecule has 5 aromatic rings. The normalized spacial score (nSPS) is 12.0. The van der Waals surface area contributed by atoms with E-state index in [-0.39, 0.29) is 5.82 Å². The van der Waals surface area contributed by atoms with Crippen molar-refractivity contribution < 1.29 is 8.81 Å². The summed E-state index contributed by atoms with van der Waals surface area (Å²) in [6.45, 7) is 2.74. The Morgan fingerprint density at radius 3 is 2.40 bits per heavy atom. The van der Waals surface area contributed by atoms with Gasteiger partial charge in [-0.1, -0.05) is 60.2 Å². The van der Waals surface area contributed by atoms with Crippen LogP contribution in [0, 0.1) is 12.7 Å². The number of aromatic nitrogens is 1. The van der Waals surface area contributed by atoms with Crippen molar-refractivity contribution in [3.63, 3.8) is 0 Å². The van der Waals surface area contributed by atoms with Crippen LogP contribution < -0.4 is 4.80 Å². The summed E-state index contributed by atoms with van der Waals surface area (Å²) in [6.07, 6.45) is 2.55. The number of aryl methyl sites for hydroxylation is 1. The van der Waals surface area contributed by atoms with Crippen LogP contribution in [-0.4, -0.2) is 17.4 Å². The fraction of sp³-hybridized carbons (Fsp3) is 0.103. The number of hydrogen-bond donors (Lipinski definition) is 0. The maximum atomic E-state index is 13.2. The Morgan fingerprint density at radius 2 is 1.63 bits per heavy atom. The van der Waals surface area contributed by atoms with Crippen LogP contribution in [0.1, 0.15) is 16.9 Å². The highest BCUT2D eigenvalue weighted by Gasteiger charge is 2.09. The molecule has 0 saturated carbocycles. The zero-order chi connectivity index (χ0) is 24.0. The summed E-state index contributed by atoms with van der Waals surface area (Å²) in [7, 11) is 0. The number of rotatable bonds is 7. The van der Waals surface area contributed by atoms with Crippen LogP contribution in [0.2, 0.25) is 0 Å². The van der Waals surface area contributed by atoms with E-state index in [0.717, 1.165) is 28.0 Å². The van der Waals surface area contributed by atoms with Crippen molar-refractivity contribution in [3.05, 3.63) is 124 Å². The fourth-order valence-corrected chi connectivity index (χ4v) is 4.54. The molecule has 2 aromatic heterocycles. The topological polar surface area (TPSA) is 42.8 Å². The standard InChI is InChI=1S/C29H24FN3OS/c1-21-7-9-23(10-8-21)27-20-35-29(31-18-17-22-5-3-2-4-6-22)33(27)32-19-26-15-16-28(34-26)24-11-13-25(30)14-12-24/h2-16,19-20H,17-18H2,1H3. The quantitative estimate of drug-likeness (QED) is 0.232. The van der Waals surface area contributed by atoms with Gasteiger partial charge in [-0.25, -0.2) is 9.07 Å². The van der Waals surface area contributed by atoms with Gasteiger partial charge in [0.1, 0.15) is 17.3 Å². The Labute approximate surface area is 207 Å². The van der Waals surface area contributed by atoms with Gasteiger partial charge in [0.2, 0.25) is 4.80 Å². The summed E-state index contributed by atoms with van der Waals surface area (Å²) in [6, 6.07) is 28.7. The molecule has 0 aliphatic carbocycles. The molecule has 0 aliphatic rings. The number of nitrogens with zero attached hydrogens (tertiary/aromatic N) is 3. The van der Waals surface area contributed by atoms with Crippen LogP contribution >= 0.6 is 11.3 Å². The van der Waals surface area contributed by atoms with E-state index in [4.69, 9.17) is 14.5 Å². The van der Waals surface area contributed by atoms with E-state index in [2.05, 4.69) is 48.7 Å². The van der Waals surface area contributed by atoms with Gasteiger partial charge in [0.15, 0.2) is 0 Å². The molecule has 0 unspecified atom stereocenters. The minimum Gasteiger partial charge on any atom is -0.455 e. The van der Waals surface area contributed by atoms with Crippen LogP contribution in [0.15, 0.2) is 111 Å². The van der Waals surface area contributed by atoms with Gasteiger partial charge in [0.05, 0.1) is 11.9 Å². The maximum Gasteiger partial charge on any atom is 0.206 e. The third-order valence-electron chi connectivity index (χ3n) is 5.58. The molecular formula is C29H24FN3OS. The summed E-state index contributed by atoms with van der Waals surface area (Å²) >= 11 is 1.57. The van der Waals surface area contributed by atoms with E-state index in [0.29, 0.717) is 18.1 Å². The highest BCUT2D eigenvalue weighted by molar-refractivity contribution is 7.07. The molecular weight excluding hydrogens is 457 g/mol. The molecule has 0 radical (unpaired) electrons. The van der Waals surface area contributed by atoms with Crippen LogP contribution in [0.3, 0.4) is 0 Å². The number of thiazole rings is 1. The predicted molar refractivity (Wildman–Crippen MR) is 140 cm³/mol. The van der Waals surface area contributed by atoms with Gasteiger partial charge in [-0.3, -0.25) is 4.99 Å². The van der Waals surface area contributed by atoms with Crippen molar-refractivity contribution in [1.29, 1.82) is 0 Å². The molecule has 0 aliphatic heterocycles. The summed E-state index contributed by atoms with van der Waals surface area (Å²) < 4.78 is 21.0. The van der Waals surface area contributed by atoms with Crippen LogP contribution in [-0.2, 0) is 6.42 Å².